The maximum Gasteiger partial charge on any atom is 0.261 e. The molecule has 1 aromatic heterocycles. The van der Waals surface area contributed by atoms with Crippen LogP contribution in [0.2, 0.25) is 0 Å². The molecule has 26 heavy (non-hydrogen) atoms. The Balaban J connectivity index is 1.56. The van der Waals surface area contributed by atoms with Crippen molar-refractivity contribution in [3.63, 3.8) is 0 Å². The van der Waals surface area contributed by atoms with Crippen LogP contribution in [0.5, 0.6) is 11.5 Å². The Labute approximate surface area is 149 Å². The molecule has 6 nitrogen and oxygen atoms in total. The number of carbonyl (C=O) groups is 1. The van der Waals surface area contributed by atoms with Crippen LogP contribution in [-0.4, -0.2) is 17.7 Å². The van der Waals surface area contributed by atoms with Gasteiger partial charge in [-0.3, -0.25) is 9.59 Å². The van der Waals surface area contributed by atoms with Crippen molar-refractivity contribution in [1.29, 1.82) is 0 Å². The molecule has 2 aromatic carbocycles. The zero-order valence-corrected chi connectivity index (χ0v) is 14.0. The number of amides is 1. The Morgan fingerprint density at radius 1 is 1.00 bits per heavy atom. The van der Waals surface area contributed by atoms with E-state index in [-0.39, 0.29) is 12.4 Å². The minimum Gasteiger partial charge on any atom is -0.454 e. The number of anilines is 1. The second-order valence-corrected chi connectivity index (χ2v) is 6.00. The monoisotopic (exact) mass is 348 g/mol. The predicted molar refractivity (Wildman–Crippen MR) is 97.8 cm³/mol. The Hall–Kier alpha value is -3.54. The van der Waals surface area contributed by atoms with E-state index in [9.17, 15) is 9.59 Å². The molecule has 130 valence electrons. The summed E-state index contributed by atoms with van der Waals surface area (Å²) in [7, 11) is 0. The molecular weight excluding hydrogens is 332 g/mol. The van der Waals surface area contributed by atoms with E-state index in [2.05, 4.69) is 10.3 Å². The number of H-pyrrole nitrogens is 1. The average Bonchev–Trinajstić information content (AvgIpc) is 3.10. The fourth-order valence-corrected chi connectivity index (χ4v) is 2.73. The molecule has 1 aliphatic rings. The van der Waals surface area contributed by atoms with Gasteiger partial charge in [-0.2, -0.15) is 0 Å². The smallest absolute Gasteiger partial charge is 0.261 e. The highest BCUT2D eigenvalue weighted by atomic mass is 16.7. The second kappa shape index (κ2) is 6.40. The number of ether oxygens (including phenoxy) is 2. The number of aromatic nitrogens is 1. The Bertz CT molecular complexity index is 1040. The summed E-state index contributed by atoms with van der Waals surface area (Å²) >= 11 is 0. The van der Waals surface area contributed by atoms with Crippen LogP contribution in [0.1, 0.15) is 15.9 Å². The summed E-state index contributed by atoms with van der Waals surface area (Å²) in [5.41, 5.74) is 2.81. The largest absolute Gasteiger partial charge is 0.454 e. The van der Waals surface area contributed by atoms with Crippen LogP contribution in [0.3, 0.4) is 0 Å². The van der Waals surface area contributed by atoms with E-state index in [1.165, 1.54) is 6.07 Å². The van der Waals surface area contributed by atoms with Crippen molar-refractivity contribution in [3.8, 4) is 22.8 Å². The van der Waals surface area contributed by atoms with Crippen LogP contribution in [0.4, 0.5) is 5.69 Å². The fraction of sp³-hybridized carbons (Fsp3) is 0.100. The van der Waals surface area contributed by atoms with Crippen molar-refractivity contribution >= 4 is 11.6 Å². The van der Waals surface area contributed by atoms with Crippen LogP contribution in [0.25, 0.3) is 11.3 Å². The molecule has 2 heterocycles. The van der Waals surface area contributed by atoms with Gasteiger partial charge >= 0.3 is 0 Å². The van der Waals surface area contributed by atoms with Crippen LogP contribution >= 0.6 is 0 Å². The van der Waals surface area contributed by atoms with Gasteiger partial charge in [-0.25, -0.2) is 0 Å². The third-order valence-electron chi connectivity index (χ3n) is 4.15. The van der Waals surface area contributed by atoms with E-state index in [1.807, 2.05) is 31.2 Å². The van der Waals surface area contributed by atoms with Gasteiger partial charge in [0.25, 0.3) is 11.5 Å². The van der Waals surface area contributed by atoms with Gasteiger partial charge in [-0.1, -0.05) is 29.8 Å². The van der Waals surface area contributed by atoms with E-state index in [0.717, 1.165) is 11.1 Å². The predicted octanol–water partition coefficient (Wildman–Crippen LogP) is 3.33. The van der Waals surface area contributed by atoms with Crippen molar-refractivity contribution in [1.82, 2.24) is 4.98 Å². The maximum absolute atomic E-state index is 12.4. The van der Waals surface area contributed by atoms with Crippen LogP contribution in [-0.2, 0) is 0 Å². The van der Waals surface area contributed by atoms with Crippen molar-refractivity contribution in [2.45, 2.75) is 6.92 Å². The molecule has 0 fully saturated rings. The Kier molecular flexibility index (Phi) is 3.93. The van der Waals surface area contributed by atoms with Crippen molar-refractivity contribution in [3.05, 3.63) is 76.1 Å². The number of carbonyl (C=O) groups excluding carboxylic acids is 1. The topological polar surface area (TPSA) is 80.4 Å². The Morgan fingerprint density at radius 3 is 2.54 bits per heavy atom. The molecule has 0 saturated heterocycles. The van der Waals surface area contributed by atoms with Gasteiger partial charge in [-0.15, -0.1) is 0 Å². The summed E-state index contributed by atoms with van der Waals surface area (Å²) in [6.45, 7) is 2.16. The lowest BCUT2D eigenvalue weighted by molar-refractivity contribution is 0.102. The SMILES string of the molecule is Cc1ccc(-c2ccc(C(=O)Nc3ccc4c(c3)OCO4)c(=O)[nH]2)cc1. The van der Waals surface area contributed by atoms with Gasteiger partial charge in [0.2, 0.25) is 6.79 Å². The van der Waals surface area contributed by atoms with Gasteiger partial charge in [0.1, 0.15) is 5.56 Å². The third-order valence-corrected chi connectivity index (χ3v) is 4.15. The first-order valence-corrected chi connectivity index (χ1v) is 8.11. The standard InChI is InChI=1S/C20H16N2O4/c1-12-2-4-13(5-3-12)16-8-7-15(20(24)22-16)19(23)21-14-6-9-17-18(10-14)26-11-25-17/h2-10H,11H2,1H3,(H,21,23)(H,22,24). The lowest BCUT2D eigenvalue weighted by Crippen LogP contribution is -2.23. The average molecular weight is 348 g/mol. The Morgan fingerprint density at radius 2 is 1.77 bits per heavy atom. The van der Waals surface area contributed by atoms with Gasteiger partial charge in [0, 0.05) is 17.4 Å². The maximum atomic E-state index is 12.4. The first kappa shape index (κ1) is 16.0. The van der Waals surface area contributed by atoms with Crippen LogP contribution in [0.15, 0.2) is 59.4 Å². The van der Waals surface area contributed by atoms with E-state index >= 15 is 0 Å². The van der Waals surface area contributed by atoms with Crippen LogP contribution < -0.4 is 20.3 Å². The highest BCUT2D eigenvalue weighted by Gasteiger charge is 2.16. The van der Waals surface area contributed by atoms with Gasteiger partial charge < -0.3 is 19.8 Å². The molecule has 0 aliphatic carbocycles. The zero-order valence-electron chi connectivity index (χ0n) is 14.0. The summed E-state index contributed by atoms with van der Waals surface area (Å²) in [6, 6.07) is 16.1. The molecule has 2 N–H and O–H groups in total. The first-order valence-electron chi connectivity index (χ1n) is 8.11. The molecule has 1 aliphatic heterocycles. The number of aromatic amines is 1. The van der Waals surface area contributed by atoms with Gasteiger partial charge in [0.05, 0.1) is 0 Å². The highest BCUT2D eigenvalue weighted by Crippen LogP contribution is 2.34. The molecular formula is C20H16N2O4. The zero-order chi connectivity index (χ0) is 18.1. The number of benzene rings is 2. The number of nitrogens with one attached hydrogen (secondary N) is 2. The number of hydrogen-bond donors (Lipinski definition) is 2. The summed E-state index contributed by atoms with van der Waals surface area (Å²) in [4.78, 5) is 27.5. The number of fused-ring (bicyclic) bond motifs is 1. The van der Waals surface area contributed by atoms with Gasteiger partial charge in [0.15, 0.2) is 11.5 Å². The number of hydrogen-bond acceptors (Lipinski definition) is 4. The number of rotatable bonds is 3. The molecule has 0 spiro atoms. The quantitative estimate of drug-likeness (QED) is 0.761. The minimum atomic E-state index is -0.486. The molecule has 3 aromatic rings. The summed E-state index contributed by atoms with van der Waals surface area (Å²) in [6.07, 6.45) is 0. The van der Waals surface area contributed by atoms with E-state index in [0.29, 0.717) is 22.9 Å². The minimum absolute atomic E-state index is 0.0403. The van der Waals surface area contributed by atoms with Gasteiger partial charge in [-0.05, 0) is 36.8 Å². The molecule has 0 radical (unpaired) electrons. The molecule has 1 amide bonds. The molecule has 0 atom stereocenters. The summed E-state index contributed by atoms with van der Waals surface area (Å²) in [5, 5.41) is 2.70. The van der Waals surface area contributed by atoms with E-state index < -0.39 is 11.5 Å². The lowest BCUT2D eigenvalue weighted by atomic mass is 10.1. The third kappa shape index (κ3) is 3.04. The molecule has 4 rings (SSSR count). The van der Waals surface area contributed by atoms with Crippen molar-refractivity contribution in [2.75, 3.05) is 12.1 Å². The summed E-state index contributed by atoms with van der Waals surface area (Å²) < 4.78 is 10.5. The summed E-state index contributed by atoms with van der Waals surface area (Å²) in [5.74, 6) is 0.704. The van der Waals surface area contributed by atoms with Crippen molar-refractivity contribution < 1.29 is 14.3 Å². The van der Waals surface area contributed by atoms with E-state index in [1.54, 1.807) is 24.3 Å². The second-order valence-electron chi connectivity index (χ2n) is 6.00. The molecule has 0 bridgehead atoms. The number of pyridine rings is 1. The van der Waals surface area contributed by atoms with E-state index in [4.69, 9.17) is 9.47 Å². The lowest BCUT2D eigenvalue weighted by Gasteiger charge is -2.07. The fourth-order valence-electron chi connectivity index (χ4n) is 2.73. The van der Waals surface area contributed by atoms with Crippen molar-refractivity contribution in [2.24, 2.45) is 0 Å². The van der Waals surface area contributed by atoms with Crippen LogP contribution in [0, 0.1) is 6.92 Å². The number of aryl methyl sites for hydroxylation is 1. The molecule has 0 saturated carbocycles. The first-order chi connectivity index (χ1) is 12.6. The molecule has 6 heteroatoms. The normalized spacial score (nSPS) is 12.0. The highest BCUT2D eigenvalue weighted by molar-refractivity contribution is 6.04. The molecule has 0 unspecified atom stereocenters.